The van der Waals surface area contributed by atoms with Gasteiger partial charge in [-0.25, -0.2) is 0 Å². The SMILES string of the molecule is NCC1(CCNCCCCC(F)(F)F)CCCCC1. The lowest BCUT2D eigenvalue weighted by molar-refractivity contribution is -0.135. The fourth-order valence-corrected chi connectivity index (χ4v) is 2.91. The van der Waals surface area contributed by atoms with Crippen molar-refractivity contribution in [3.8, 4) is 0 Å². The van der Waals surface area contributed by atoms with Crippen LogP contribution in [0.25, 0.3) is 0 Å². The van der Waals surface area contributed by atoms with E-state index in [4.69, 9.17) is 5.73 Å². The Morgan fingerprint density at radius 2 is 1.68 bits per heavy atom. The van der Waals surface area contributed by atoms with Gasteiger partial charge < -0.3 is 11.1 Å². The van der Waals surface area contributed by atoms with Crippen molar-refractivity contribution in [1.82, 2.24) is 5.32 Å². The minimum absolute atomic E-state index is 0.221. The van der Waals surface area contributed by atoms with Crippen molar-refractivity contribution in [1.29, 1.82) is 0 Å². The highest BCUT2D eigenvalue weighted by Gasteiger charge is 2.29. The van der Waals surface area contributed by atoms with Crippen LogP contribution in [0.5, 0.6) is 0 Å². The lowest BCUT2D eigenvalue weighted by atomic mass is 9.72. The van der Waals surface area contributed by atoms with Gasteiger partial charge in [0.1, 0.15) is 0 Å². The van der Waals surface area contributed by atoms with E-state index in [0.29, 0.717) is 13.0 Å². The molecule has 1 aliphatic carbocycles. The first kappa shape index (κ1) is 16.8. The van der Waals surface area contributed by atoms with E-state index in [1.54, 1.807) is 0 Å². The standard InChI is InChI=1S/C14H27F3N2/c15-14(16,17)8-4-5-10-19-11-9-13(12-18)6-2-1-3-7-13/h19H,1-12,18H2. The van der Waals surface area contributed by atoms with Gasteiger partial charge in [0.05, 0.1) is 0 Å². The summed E-state index contributed by atoms with van der Waals surface area (Å²) < 4.78 is 35.8. The van der Waals surface area contributed by atoms with Gasteiger partial charge in [-0.2, -0.15) is 13.2 Å². The topological polar surface area (TPSA) is 38.0 Å². The van der Waals surface area contributed by atoms with Crippen LogP contribution in [0.4, 0.5) is 13.2 Å². The molecule has 0 aliphatic heterocycles. The highest BCUT2D eigenvalue weighted by Crippen LogP contribution is 2.37. The molecule has 0 unspecified atom stereocenters. The Labute approximate surface area is 114 Å². The quantitative estimate of drug-likeness (QED) is 0.667. The summed E-state index contributed by atoms with van der Waals surface area (Å²) in [5.41, 5.74) is 6.18. The molecular formula is C14H27F3N2. The van der Waals surface area contributed by atoms with Crippen LogP contribution in [0.3, 0.4) is 0 Å². The van der Waals surface area contributed by atoms with E-state index >= 15 is 0 Å². The molecule has 0 aromatic heterocycles. The number of hydrogen-bond donors (Lipinski definition) is 2. The number of hydrogen-bond acceptors (Lipinski definition) is 2. The van der Waals surface area contributed by atoms with Crippen LogP contribution in [-0.4, -0.2) is 25.8 Å². The fraction of sp³-hybridized carbons (Fsp3) is 1.00. The molecule has 0 saturated heterocycles. The number of nitrogens with one attached hydrogen (secondary N) is 1. The Morgan fingerprint density at radius 1 is 1.00 bits per heavy atom. The van der Waals surface area contributed by atoms with Crippen LogP contribution in [0.15, 0.2) is 0 Å². The average molecular weight is 280 g/mol. The normalized spacial score (nSPS) is 19.6. The lowest BCUT2D eigenvalue weighted by Crippen LogP contribution is -2.36. The van der Waals surface area contributed by atoms with E-state index in [1.165, 1.54) is 32.1 Å². The first-order valence-electron chi connectivity index (χ1n) is 7.45. The van der Waals surface area contributed by atoms with Crippen molar-refractivity contribution in [2.75, 3.05) is 19.6 Å². The Morgan fingerprint density at radius 3 is 2.26 bits per heavy atom. The summed E-state index contributed by atoms with van der Waals surface area (Å²) in [6, 6.07) is 0. The van der Waals surface area contributed by atoms with Crippen molar-refractivity contribution in [2.45, 2.75) is 64.0 Å². The maximum atomic E-state index is 11.9. The van der Waals surface area contributed by atoms with Gasteiger partial charge in [0.15, 0.2) is 0 Å². The minimum Gasteiger partial charge on any atom is -0.330 e. The predicted octanol–water partition coefficient (Wildman–Crippen LogP) is 3.61. The van der Waals surface area contributed by atoms with Gasteiger partial charge in [-0.1, -0.05) is 19.3 Å². The highest BCUT2D eigenvalue weighted by molar-refractivity contribution is 4.84. The van der Waals surface area contributed by atoms with Crippen molar-refractivity contribution in [2.24, 2.45) is 11.1 Å². The highest BCUT2D eigenvalue weighted by atomic mass is 19.4. The van der Waals surface area contributed by atoms with E-state index in [9.17, 15) is 13.2 Å². The molecule has 0 spiro atoms. The maximum Gasteiger partial charge on any atom is 0.389 e. The van der Waals surface area contributed by atoms with E-state index in [2.05, 4.69) is 5.32 Å². The first-order valence-corrected chi connectivity index (χ1v) is 7.45. The zero-order valence-corrected chi connectivity index (χ0v) is 11.7. The third-order valence-corrected chi connectivity index (χ3v) is 4.24. The molecule has 2 nitrogen and oxygen atoms in total. The molecule has 0 bridgehead atoms. The molecule has 114 valence electrons. The van der Waals surface area contributed by atoms with Gasteiger partial charge in [-0.05, 0) is 57.2 Å². The largest absolute Gasteiger partial charge is 0.389 e. The van der Waals surface area contributed by atoms with Gasteiger partial charge >= 0.3 is 6.18 Å². The van der Waals surface area contributed by atoms with Crippen LogP contribution in [0, 0.1) is 5.41 Å². The van der Waals surface area contributed by atoms with Gasteiger partial charge in [-0.15, -0.1) is 0 Å². The number of rotatable bonds is 8. The molecule has 1 saturated carbocycles. The third-order valence-electron chi connectivity index (χ3n) is 4.24. The van der Waals surface area contributed by atoms with Crippen molar-refractivity contribution in [3.63, 3.8) is 0 Å². The molecule has 1 fully saturated rings. The van der Waals surface area contributed by atoms with Crippen molar-refractivity contribution < 1.29 is 13.2 Å². The van der Waals surface area contributed by atoms with Crippen LogP contribution in [0.1, 0.15) is 57.8 Å². The summed E-state index contributed by atoms with van der Waals surface area (Å²) >= 11 is 0. The average Bonchev–Trinajstić information content (AvgIpc) is 2.37. The summed E-state index contributed by atoms with van der Waals surface area (Å²) in [6.45, 7) is 2.29. The summed E-state index contributed by atoms with van der Waals surface area (Å²) in [5, 5.41) is 3.26. The molecule has 1 rings (SSSR count). The van der Waals surface area contributed by atoms with Crippen LogP contribution in [0.2, 0.25) is 0 Å². The third kappa shape index (κ3) is 7.16. The molecule has 5 heteroatoms. The molecular weight excluding hydrogens is 253 g/mol. The zero-order chi connectivity index (χ0) is 14.2. The van der Waals surface area contributed by atoms with Crippen molar-refractivity contribution >= 4 is 0 Å². The van der Waals surface area contributed by atoms with Crippen molar-refractivity contribution in [3.05, 3.63) is 0 Å². The van der Waals surface area contributed by atoms with E-state index in [0.717, 1.165) is 19.5 Å². The summed E-state index contributed by atoms with van der Waals surface area (Å²) in [6.07, 6.45) is 3.46. The fourth-order valence-electron chi connectivity index (χ4n) is 2.91. The molecule has 0 aromatic carbocycles. The number of halogens is 3. The second-order valence-corrected chi connectivity index (χ2v) is 5.84. The molecule has 0 radical (unpaired) electrons. The predicted molar refractivity (Wildman–Crippen MR) is 72.0 cm³/mol. The Bertz CT molecular complexity index is 235. The molecule has 3 N–H and O–H groups in total. The van der Waals surface area contributed by atoms with Gasteiger partial charge in [0, 0.05) is 6.42 Å². The Kier molecular flexibility index (Phi) is 7.15. The van der Waals surface area contributed by atoms with Crippen LogP contribution >= 0.6 is 0 Å². The summed E-state index contributed by atoms with van der Waals surface area (Å²) in [7, 11) is 0. The second kappa shape index (κ2) is 8.10. The minimum atomic E-state index is -4.01. The molecule has 0 amide bonds. The first-order chi connectivity index (χ1) is 8.97. The molecule has 0 atom stereocenters. The van der Waals surface area contributed by atoms with Gasteiger partial charge in [0.25, 0.3) is 0 Å². The summed E-state index contributed by atoms with van der Waals surface area (Å²) in [5.74, 6) is 0. The smallest absolute Gasteiger partial charge is 0.330 e. The number of alkyl halides is 3. The maximum absolute atomic E-state index is 11.9. The summed E-state index contributed by atoms with van der Waals surface area (Å²) in [4.78, 5) is 0. The Balaban J connectivity index is 2.03. The molecule has 19 heavy (non-hydrogen) atoms. The van der Waals surface area contributed by atoms with E-state index in [-0.39, 0.29) is 11.8 Å². The van der Waals surface area contributed by atoms with E-state index in [1.807, 2.05) is 0 Å². The Hall–Kier alpha value is -0.290. The monoisotopic (exact) mass is 280 g/mol. The molecule has 1 aliphatic rings. The number of nitrogens with two attached hydrogens (primary N) is 1. The second-order valence-electron chi connectivity index (χ2n) is 5.84. The van der Waals surface area contributed by atoms with Crippen LogP contribution in [-0.2, 0) is 0 Å². The van der Waals surface area contributed by atoms with Crippen LogP contribution < -0.4 is 11.1 Å². The molecule has 0 heterocycles. The number of unbranched alkanes of at least 4 members (excludes halogenated alkanes) is 1. The van der Waals surface area contributed by atoms with Gasteiger partial charge in [0.2, 0.25) is 0 Å². The van der Waals surface area contributed by atoms with Gasteiger partial charge in [-0.3, -0.25) is 0 Å². The molecule has 0 aromatic rings. The van der Waals surface area contributed by atoms with E-state index < -0.39 is 12.6 Å². The zero-order valence-electron chi connectivity index (χ0n) is 11.7. The lowest BCUT2D eigenvalue weighted by Gasteiger charge is -2.36.